The minimum atomic E-state index is 0.569. The van der Waals surface area contributed by atoms with Crippen LogP contribution in [0.1, 0.15) is 16.7 Å². The lowest BCUT2D eigenvalue weighted by Crippen LogP contribution is -2.02. The van der Waals surface area contributed by atoms with Crippen molar-refractivity contribution < 1.29 is 0 Å². The van der Waals surface area contributed by atoms with Crippen molar-refractivity contribution in [2.75, 3.05) is 0 Å². The van der Waals surface area contributed by atoms with Crippen LogP contribution in [0.4, 0.5) is 0 Å². The standard InChI is InChI=1S/C15H15Cl2N/c1-9-5-12(6-10(2)13(9)8-18)11-3-4-14(16)15(17)7-11/h3-7H,8,18H2,1-2H3. The topological polar surface area (TPSA) is 26.0 Å². The molecule has 0 radical (unpaired) electrons. The van der Waals surface area contributed by atoms with E-state index in [0.29, 0.717) is 16.6 Å². The third-order valence-electron chi connectivity index (χ3n) is 3.15. The van der Waals surface area contributed by atoms with Gasteiger partial charge in [-0.05, 0) is 53.8 Å². The van der Waals surface area contributed by atoms with Crippen molar-refractivity contribution in [3.05, 3.63) is 57.1 Å². The molecule has 18 heavy (non-hydrogen) atoms. The van der Waals surface area contributed by atoms with Gasteiger partial charge in [0.1, 0.15) is 0 Å². The lowest BCUT2D eigenvalue weighted by atomic mass is 9.96. The van der Waals surface area contributed by atoms with E-state index in [1.807, 2.05) is 18.2 Å². The maximum Gasteiger partial charge on any atom is 0.0598 e. The summed E-state index contributed by atoms with van der Waals surface area (Å²) in [6, 6.07) is 9.95. The summed E-state index contributed by atoms with van der Waals surface area (Å²) in [5.74, 6) is 0. The first-order valence-electron chi connectivity index (χ1n) is 5.78. The molecule has 0 atom stereocenters. The van der Waals surface area contributed by atoms with Gasteiger partial charge in [-0.2, -0.15) is 0 Å². The van der Waals surface area contributed by atoms with E-state index < -0.39 is 0 Å². The molecule has 2 aromatic rings. The first-order valence-corrected chi connectivity index (χ1v) is 6.54. The molecule has 0 saturated carbocycles. The largest absolute Gasteiger partial charge is 0.326 e. The summed E-state index contributed by atoms with van der Waals surface area (Å²) >= 11 is 12.0. The van der Waals surface area contributed by atoms with E-state index in [1.54, 1.807) is 0 Å². The van der Waals surface area contributed by atoms with E-state index in [4.69, 9.17) is 28.9 Å². The van der Waals surface area contributed by atoms with Gasteiger partial charge in [-0.3, -0.25) is 0 Å². The van der Waals surface area contributed by atoms with Crippen LogP contribution in [0.25, 0.3) is 11.1 Å². The molecule has 0 aliphatic heterocycles. The van der Waals surface area contributed by atoms with Crippen molar-refractivity contribution in [3.8, 4) is 11.1 Å². The van der Waals surface area contributed by atoms with Crippen LogP contribution < -0.4 is 5.73 Å². The van der Waals surface area contributed by atoms with Gasteiger partial charge in [-0.15, -0.1) is 0 Å². The van der Waals surface area contributed by atoms with Crippen LogP contribution in [-0.4, -0.2) is 0 Å². The van der Waals surface area contributed by atoms with Crippen molar-refractivity contribution in [1.29, 1.82) is 0 Å². The van der Waals surface area contributed by atoms with Gasteiger partial charge in [0.25, 0.3) is 0 Å². The summed E-state index contributed by atoms with van der Waals surface area (Å²) < 4.78 is 0. The van der Waals surface area contributed by atoms with Crippen LogP contribution >= 0.6 is 23.2 Å². The van der Waals surface area contributed by atoms with Crippen LogP contribution in [-0.2, 0) is 6.54 Å². The second-order valence-electron chi connectivity index (χ2n) is 4.42. The van der Waals surface area contributed by atoms with Gasteiger partial charge in [0.05, 0.1) is 10.0 Å². The highest BCUT2D eigenvalue weighted by Gasteiger charge is 2.07. The highest BCUT2D eigenvalue weighted by molar-refractivity contribution is 6.42. The zero-order chi connectivity index (χ0) is 13.3. The van der Waals surface area contributed by atoms with Gasteiger partial charge < -0.3 is 5.73 Å². The number of nitrogens with two attached hydrogens (primary N) is 1. The van der Waals surface area contributed by atoms with Crippen LogP contribution in [0.5, 0.6) is 0 Å². The molecule has 1 nitrogen and oxygen atoms in total. The summed E-state index contributed by atoms with van der Waals surface area (Å²) in [6.45, 7) is 4.73. The molecule has 0 heterocycles. The van der Waals surface area contributed by atoms with Crippen molar-refractivity contribution in [2.24, 2.45) is 5.73 Å². The van der Waals surface area contributed by atoms with Crippen molar-refractivity contribution >= 4 is 23.2 Å². The fourth-order valence-corrected chi connectivity index (χ4v) is 2.46. The van der Waals surface area contributed by atoms with Gasteiger partial charge in [-0.1, -0.05) is 41.4 Å². The Bertz CT molecular complexity index is 568. The molecular formula is C15H15Cl2N. The molecule has 2 rings (SSSR count). The number of aryl methyl sites for hydroxylation is 2. The monoisotopic (exact) mass is 279 g/mol. The third kappa shape index (κ3) is 2.54. The number of hydrogen-bond donors (Lipinski definition) is 1. The van der Waals surface area contributed by atoms with E-state index in [2.05, 4.69) is 26.0 Å². The van der Waals surface area contributed by atoms with Crippen LogP contribution in [0.15, 0.2) is 30.3 Å². The molecular weight excluding hydrogens is 265 g/mol. The van der Waals surface area contributed by atoms with E-state index in [9.17, 15) is 0 Å². The summed E-state index contributed by atoms with van der Waals surface area (Å²) in [4.78, 5) is 0. The van der Waals surface area contributed by atoms with Crippen molar-refractivity contribution in [1.82, 2.24) is 0 Å². The zero-order valence-corrected chi connectivity index (χ0v) is 11.9. The predicted octanol–water partition coefficient (Wildman–Crippen LogP) is 4.74. The molecule has 0 saturated heterocycles. The predicted molar refractivity (Wildman–Crippen MR) is 79.3 cm³/mol. The maximum atomic E-state index is 6.05. The SMILES string of the molecule is Cc1cc(-c2ccc(Cl)c(Cl)c2)cc(C)c1CN. The average Bonchev–Trinajstić information content (AvgIpc) is 2.32. The number of benzene rings is 2. The summed E-state index contributed by atoms with van der Waals surface area (Å²) in [5.41, 5.74) is 11.6. The van der Waals surface area contributed by atoms with E-state index in [0.717, 1.165) is 11.1 Å². The fraction of sp³-hybridized carbons (Fsp3) is 0.200. The van der Waals surface area contributed by atoms with Crippen LogP contribution in [0.2, 0.25) is 10.0 Å². The molecule has 0 aliphatic rings. The molecule has 0 spiro atoms. The van der Waals surface area contributed by atoms with Crippen LogP contribution in [0.3, 0.4) is 0 Å². The lowest BCUT2D eigenvalue weighted by Gasteiger charge is -2.11. The Morgan fingerprint density at radius 2 is 1.50 bits per heavy atom. The Hall–Kier alpha value is -1.02. The molecule has 0 aromatic heterocycles. The van der Waals surface area contributed by atoms with Gasteiger partial charge in [0.2, 0.25) is 0 Å². The number of hydrogen-bond acceptors (Lipinski definition) is 1. The van der Waals surface area contributed by atoms with Crippen LogP contribution in [0, 0.1) is 13.8 Å². The third-order valence-corrected chi connectivity index (χ3v) is 3.89. The minimum Gasteiger partial charge on any atom is -0.326 e. The normalized spacial score (nSPS) is 10.7. The molecule has 0 amide bonds. The number of halogens is 2. The molecule has 2 N–H and O–H groups in total. The van der Waals surface area contributed by atoms with Gasteiger partial charge >= 0.3 is 0 Å². The maximum absolute atomic E-state index is 6.05. The Labute approximate surface area is 118 Å². The Morgan fingerprint density at radius 3 is 2.00 bits per heavy atom. The van der Waals surface area contributed by atoms with Gasteiger partial charge in [0.15, 0.2) is 0 Å². The summed E-state index contributed by atoms with van der Waals surface area (Å²) in [5, 5.41) is 1.15. The second-order valence-corrected chi connectivity index (χ2v) is 5.24. The minimum absolute atomic E-state index is 0.569. The van der Waals surface area contributed by atoms with E-state index >= 15 is 0 Å². The first kappa shape index (κ1) is 13.4. The van der Waals surface area contributed by atoms with Crippen molar-refractivity contribution in [2.45, 2.75) is 20.4 Å². The molecule has 0 bridgehead atoms. The lowest BCUT2D eigenvalue weighted by molar-refractivity contribution is 1.03. The van der Waals surface area contributed by atoms with E-state index in [1.165, 1.54) is 16.7 Å². The Balaban J connectivity index is 2.54. The fourth-order valence-electron chi connectivity index (χ4n) is 2.16. The summed E-state index contributed by atoms with van der Waals surface area (Å²) in [6.07, 6.45) is 0. The first-order chi connectivity index (χ1) is 8.52. The average molecular weight is 280 g/mol. The zero-order valence-electron chi connectivity index (χ0n) is 10.4. The molecule has 0 fully saturated rings. The van der Waals surface area contributed by atoms with Gasteiger partial charge in [0, 0.05) is 6.54 Å². The molecule has 3 heteroatoms. The van der Waals surface area contributed by atoms with Crippen molar-refractivity contribution in [3.63, 3.8) is 0 Å². The molecule has 0 unspecified atom stereocenters. The van der Waals surface area contributed by atoms with Gasteiger partial charge in [-0.25, -0.2) is 0 Å². The second kappa shape index (κ2) is 5.31. The number of rotatable bonds is 2. The van der Waals surface area contributed by atoms with E-state index in [-0.39, 0.29) is 0 Å². The molecule has 0 aliphatic carbocycles. The highest BCUT2D eigenvalue weighted by atomic mass is 35.5. The quantitative estimate of drug-likeness (QED) is 0.845. The molecule has 2 aromatic carbocycles. The Kier molecular flexibility index (Phi) is 3.96. The smallest absolute Gasteiger partial charge is 0.0598 e. The summed E-state index contributed by atoms with van der Waals surface area (Å²) in [7, 11) is 0. The molecule has 94 valence electrons. The Morgan fingerprint density at radius 1 is 0.889 bits per heavy atom. The highest BCUT2D eigenvalue weighted by Crippen LogP contribution is 2.30.